The van der Waals surface area contributed by atoms with E-state index in [1.54, 1.807) is 6.08 Å². The van der Waals surface area contributed by atoms with Crippen LogP contribution in [0.1, 0.15) is 18.4 Å². The Labute approximate surface area is 206 Å². The maximum absolute atomic E-state index is 12.5. The summed E-state index contributed by atoms with van der Waals surface area (Å²) in [6, 6.07) is 16.1. The van der Waals surface area contributed by atoms with E-state index in [0.29, 0.717) is 17.1 Å². The Kier molecular flexibility index (Phi) is 7.45. The second kappa shape index (κ2) is 10.9. The maximum Gasteiger partial charge on any atom is 0.243 e. The second-order valence-electron chi connectivity index (χ2n) is 9.03. The van der Waals surface area contributed by atoms with E-state index in [0.717, 1.165) is 42.9 Å². The minimum Gasteiger partial charge on any atom is -0.397 e. The van der Waals surface area contributed by atoms with E-state index in [4.69, 9.17) is 5.73 Å². The van der Waals surface area contributed by atoms with Crippen molar-refractivity contribution in [2.75, 3.05) is 24.3 Å². The quantitative estimate of drug-likeness (QED) is 0.283. The fraction of sp³-hybridized carbons (Fsp3) is 0.250. The molecule has 1 aromatic heterocycles. The molecule has 7 nitrogen and oxygen atoms in total. The van der Waals surface area contributed by atoms with Crippen LogP contribution in [0.15, 0.2) is 95.8 Å². The van der Waals surface area contributed by atoms with Gasteiger partial charge in [-0.25, -0.2) is 14.1 Å². The minimum absolute atomic E-state index is 0.160. The van der Waals surface area contributed by atoms with Gasteiger partial charge in [-0.2, -0.15) is 0 Å². The number of allylic oxidation sites excluding steroid dienone is 2. The van der Waals surface area contributed by atoms with Gasteiger partial charge < -0.3 is 16.0 Å². The number of hydrogen-bond acceptors (Lipinski definition) is 5. The SMILES string of the molecule is CN(C)c1ccc(N=C2C=C(Nc3ccc(CCCCn4cc[n+](C)c4)cc3)C(=O)C=C2N)cc1. The maximum atomic E-state index is 12.5. The second-order valence-corrected chi connectivity index (χ2v) is 9.03. The number of nitrogens with one attached hydrogen (secondary N) is 1. The van der Waals surface area contributed by atoms with Gasteiger partial charge in [-0.15, -0.1) is 0 Å². The fourth-order valence-corrected chi connectivity index (χ4v) is 3.91. The van der Waals surface area contributed by atoms with Crippen LogP contribution >= 0.6 is 0 Å². The number of unbranched alkanes of at least 4 members (excludes halogenated alkanes) is 1. The summed E-state index contributed by atoms with van der Waals surface area (Å²) in [6.07, 6.45) is 12.7. The molecule has 2 aromatic carbocycles. The summed E-state index contributed by atoms with van der Waals surface area (Å²) < 4.78 is 4.26. The van der Waals surface area contributed by atoms with Gasteiger partial charge in [0.2, 0.25) is 12.1 Å². The molecule has 1 aliphatic rings. The number of anilines is 2. The number of benzene rings is 2. The van der Waals surface area contributed by atoms with Crippen LogP contribution in [0, 0.1) is 0 Å². The van der Waals surface area contributed by atoms with Crippen molar-refractivity contribution in [2.45, 2.75) is 25.8 Å². The molecule has 0 saturated heterocycles. The number of nitrogens with two attached hydrogens (primary N) is 1. The smallest absolute Gasteiger partial charge is 0.243 e. The molecule has 3 N–H and O–H groups in total. The molecule has 0 radical (unpaired) electrons. The zero-order valence-electron chi connectivity index (χ0n) is 20.6. The highest BCUT2D eigenvalue weighted by atomic mass is 16.1. The van der Waals surface area contributed by atoms with E-state index in [1.165, 1.54) is 11.6 Å². The van der Waals surface area contributed by atoms with Gasteiger partial charge in [0.05, 0.1) is 36.4 Å². The van der Waals surface area contributed by atoms with Crippen LogP contribution in [0.25, 0.3) is 0 Å². The zero-order chi connectivity index (χ0) is 24.8. The number of aromatic nitrogens is 2. The summed E-state index contributed by atoms with van der Waals surface area (Å²) in [5.41, 5.74) is 11.5. The first-order valence-corrected chi connectivity index (χ1v) is 11.8. The van der Waals surface area contributed by atoms with Crippen molar-refractivity contribution >= 4 is 28.6 Å². The van der Waals surface area contributed by atoms with Crippen molar-refractivity contribution in [2.24, 2.45) is 17.8 Å². The average molecular weight is 470 g/mol. The molecule has 0 aliphatic heterocycles. The number of imidazole rings is 1. The van der Waals surface area contributed by atoms with Crippen molar-refractivity contribution in [3.8, 4) is 0 Å². The van der Waals surface area contributed by atoms with Crippen LogP contribution in [0.4, 0.5) is 17.1 Å². The number of carbonyl (C=O) groups excluding carboxylic acids is 1. The number of aryl methyl sites for hydroxylation is 3. The lowest BCUT2D eigenvalue weighted by molar-refractivity contribution is -0.671. The minimum atomic E-state index is -0.160. The van der Waals surface area contributed by atoms with Gasteiger partial charge in [-0.05, 0) is 67.3 Å². The number of rotatable bonds is 9. The lowest BCUT2D eigenvalue weighted by Crippen LogP contribution is -2.23. The van der Waals surface area contributed by atoms with Gasteiger partial charge in [0.25, 0.3) is 0 Å². The Morgan fingerprint density at radius 1 is 1.03 bits per heavy atom. The van der Waals surface area contributed by atoms with Crippen molar-refractivity contribution in [1.82, 2.24) is 4.57 Å². The topological polar surface area (TPSA) is 79.5 Å². The molecule has 0 spiro atoms. The molecule has 1 aliphatic carbocycles. The van der Waals surface area contributed by atoms with Gasteiger partial charge in [0.15, 0.2) is 0 Å². The van der Waals surface area contributed by atoms with Gasteiger partial charge >= 0.3 is 0 Å². The molecule has 1 heterocycles. The highest BCUT2D eigenvalue weighted by molar-refractivity contribution is 6.23. The van der Waals surface area contributed by atoms with Crippen molar-refractivity contribution in [3.63, 3.8) is 0 Å². The molecule has 0 saturated carbocycles. The number of aliphatic imine (C=N–C) groups is 1. The Bertz CT molecular complexity index is 1260. The summed E-state index contributed by atoms with van der Waals surface area (Å²) in [5, 5.41) is 3.23. The molecule has 35 heavy (non-hydrogen) atoms. The summed E-state index contributed by atoms with van der Waals surface area (Å²) in [6.45, 7) is 1.02. The third kappa shape index (κ3) is 6.47. The molecule has 0 atom stereocenters. The third-order valence-electron chi connectivity index (χ3n) is 5.93. The monoisotopic (exact) mass is 469 g/mol. The first-order chi connectivity index (χ1) is 16.9. The van der Waals surface area contributed by atoms with Gasteiger partial charge in [-0.1, -0.05) is 12.1 Å². The molecule has 0 unspecified atom stereocenters. The van der Waals surface area contributed by atoms with Crippen LogP contribution in [0.5, 0.6) is 0 Å². The summed E-state index contributed by atoms with van der Waals surface area (Å²) in [5.74, 6) is -0.160. The van der Waals surface area contributed by atoms with Crippen molar-refractivity contribution < 1.29 is 9.36 Å². The van der Waals surface area contributed by atoms with Crippen LogP contribution < -0.4 is 20.5 Å². The zero-order valence-corrected chi connectivity index (χ0v) is 20.6. The number of ketones is 1. The van der Waals surface area contributed by atoms with E-state index in [1.807, 2.05) is 62.4 Å². The largest absolute Gasteiger partial charge is 0.397 e. The molecule has 0 fully saturated rings. The van der Waals surface area contributed by atoms with E-state index < -0.39 is 0 Å². The average Bonchev–Trinajstić information content (AvgIpc) is 3.26. The Balaban J connectivity index is 1.36. The van der Waals surface area contributed by atoms with Crippen molar-refractivity contribution in [3.05, 3.63) is 96.4 Å². The summed E-state index contributed by atoms with van der Waals surface area (Å²) >= 11 is 0. The molecule has 0 amide bonds. The Hall–Kier alpha value is -4.13. The van der Waals surface area contributed by atoms with Crippen LogP contribution in [-0.4, -0.2) is 30.2 Å². The van der Waals surface area contributed by atoms with Crippen LogP contribution in [0.2, 0.25) is 0 Å². The predicted molar refractivity (Wildman–Crippen MR) is 142 cm³/mol. The standard InChI is InChI=1S/C28H32N6O/c1-32(2)24-13-11-23(12-14-24)30-26-19-27(28(35)18-25(26)29)31-22-9-7-21(8-10-22)6-4-5-15-34-17-16-33(3)20-34/h7-14,16-20H,4-6,15H2,1-3H3,(H2-,29,30,31,35)/p+1. The summed E-state index contributed by atoms with van der Waals surface area (Å²) in [7, 11) is 6.02. The Morgan fingerprint density at radius 3 is 2.43 bits per heavy atom. The van der Waals surface area contributed by atoms with E-state index in [-0.39, 0.29) is 5.78 Å². The highest BCUT2D eigenvalue weighted by Gasteiger charge is 2.17. The molecular formula is C28H33N6O+. The molecule has 180 valence electrons. The van der Waals surface area contributed by atoms with E-state index in [9.17, 15) is 4.79 Å². The lowest BCUT2D eigenvalue weighted by Gasteiger charge is -2.15. The van der Waals surface area contributed by atoms with Gasteiger partial charge in [0.1, 0.15) is 12.4 Å². The predicted octanol–water partition coefficient (Wildman–Crippen LogP) is 3.90. The number of carbonyl (C=O) groups is 1. The van der Waals surface area contributed by atoms with E-state index in [2.05, 4.69) is 50.3 Å². The van der Waals surface area contributed by atoms with E-state index >= 15 is 0 Å². The van der Waals surface area contributed by atoms with Gasteiger partial charge in [-0.3, -0.25) is 4.79 Å². The Morgan fingerprint density at radius 2 is 1.77 bits per heavy atom. The molecule has 3 aromatic rings. The van der Waals surface area contributed by atoms with Crippen LogP contribution in [-0.2, 0) is 24.8 Å². The lowest BCUT2D eigenvalue weighted by atomic mass is 10.0. The third-order valence-corrected chi connectivity index (χ3v) is 5.93. The molecule has 7 heteroatoms. The summed E-state index contributed by atoms with van der Waals surface area (Å²) in [4.78, 5) is 19.2. The van der Waals surface area contributed by atoms with Crippen molar-refractivity contribution in [1.29, 1.82) is 0 Å². The first kappa shape index (κ1) is 24.0. The normalized spacial score (nSPS) is 14.6. The first-order valence-electron chi connectivity index (χ1n) is 11.8. The molecule has 4 rings (SSSR count). The molecule has 0 bridgehead atoms. The number of nitrogens with zero attached hydrogens (tertiary/aromatic N) is 4. The highest BCUT2D eigenvalue weighted by Crippen LogP contribution is 2.22. The fourth-order valence-electron chi connectivity index (χ4n) is 3.91. The van der Waals surface area contributed by atoms with Gasteiger partial charge in [0, 0.05) is 31.5 Å². The molecular weight excluding hydrogens is 436 g/mol. The number of hydrogen-bond donors (Lipinski definition) is 2. The van der Waals surface area contributed by atoms with Crippen LogP contribution in [0.3, 0.4) is 0 Å².